The van der Waals surface area contributed by atoms with E-state index in [9.17, 15) is 9.90 Å². The zero-order valence-corrected chi connectivity index (χ0v) is 12.4. The van der Waals surface area contributed by atoms with Gasteiger partial charge < -0.3 is 19.9 Å². The molecule has 0 radical (unpaired) electrons. The summed E-state index contributed by atoms with van der Waals surface area (Å²) in [6.07, 6.45) is -1.44. The molecule has 0 saturated heterocycles. The normalized spacial score (nSPS) is 21.6. The highest BCUT2D eigenvalue weighted by Gasteiger charge is 2.32. The summed E-state index contributed by atoms with van der Waals surface area (Å²) in [4.78, 5) is 11.8. The predicted molar refractivity (Wildman–Crippen MR) is 75.1 cm³/mol. The zero-order chi connectivity index (χ0) is 14.9. The molecule has 0 saturated carbocycles. The van der Waals surface area contributed by atoms with Crippen LogP contribution in [0.2, 0.25) is 5.02 Å². The van der Waals surface area contributed by atoms with Crippen molar-refractivity contribution in [3.8, 4) is 5.75 Å². The number of halogens is 1. The van der Waals surface area contributed by atoms with E-state index >= 15 is 0 Å². The van der Waals surface area contributed by atoms with Crippen molar-refractivity contribution in [3.05, 3.63) is 28.8 Å². The van der Waals surface area contributed by atoms with Gasteiger partial charge in [0.15, 0.2) is 0 Å². The molecular weight excluding hydrogens is 282 g/mol. The van der Waals surface area contributed by atoms with Crippen molar-refractivity contribution in [2.45, 2.75) is 38.5 Å². The largest absolute Gasteiger partial charge is 0.490 e. The first-order valence-electron chi connectivity index (χ1n) is 6.36. The molecule has 2 rings (SSSR count). The first kappa shape index (κ1) is 14.9. The molecule has 20 heavy (non-hydrogen) atoms. The minimum Gasteiger partial charge on any atom is -0.490 e. The average molecular weight is 300 g/mol. The molecule has 0 bridgehead atoms. The van der Waals surface area contributed by atoms with E-state index < -0.39 is 23.8 Å². The minimum absolute atomic E-state index is 0.106. The van der Waals surface area contributed by atoms with Crippen LogP contribution >= 0.6 is 11.6 Å². The molecule has 1 amide bonds. The van der Waals surface area contributed by atoms with Gasteiger partial charge in [0.05, 0.1) is 6.04 Å². The molecule has 0 spiro atoms. The number of carbonyl (C=O) groups is 1. The second kappa shape index (κ2) is 5.50. The van der Waals surface area contributed by atoms with Gasteiger partial charge in [-0.3, -0.25) is 0 Å². The number of ether oxygens (including phenoxy) is 2. The van der Waals surface area contributed by atoms with Crippen LogP contribution in [0.4, 0.5) is 4.79 Å². The van der Waals surface area contributed by atoms with E-state index in [0.717, 1.165) is 0 Å². The van der Waals surface area contributed by atoms with Gasteiger partial charge in [-0.15, -0.1) is 0 Å². The van der Waals surface area contributed by atoms with Crippen LogP contribution < -0.4 is 10.1 Å². The van der Waals surface area contributed by atoms with Crippen LogP contribution in [-0.4, -0.2) is 29.5 Å². The molecule has 1 heterocycles. The third kappa shape index (κ3) is 3.55. The number of hydrogen-bond donors (Lipinski definition) is 2. The molecule has 1 aromatic rings. The average Bonchev–Trinajstić information content (AvgIpc) is 2.31. The summed E-state index contributed by atoms with van der Waals surface area (Å²) in [5.74, 6) is 0.598. The lowest BCUT2D eigenvalue weighted by molar-refractivity contribution is 0.0276. The standard InChI is InChI=1S/C14H18ClNO4/c1-14(2,3)20-13(18)16-12-9-6-8(15)4-5-11(9)19-7-10(12)17/h4-6,10,12,17H,7H2,1-3H3,(H,16,18)/t10-,12+/m1/s1. The van der Waals surface area contributed by atoms with E-state index in [1.165, 1.54) is 0 Å². The van der Waals surface area contributed by atoms with Gasteiger partial charge in [-0.25, -0.2) is 4.79 Å². The molecule has 1 aliphatic rings. The number of aliphatic hydroxyl groups is 1. The number of rotatable bonds is 1. The second-order valence-electron chi connectivity index (χ2n) is 5.68. The number of carbonyl (C=O) groups excluding carboxylic acids is 1. The number of aliphatic hydroxyl groups excluding tert-OH is 1. The number of amides is 1. The highest BCUT2D eigenvalue weighted by molar-refractivity contribution is 6.30. The number of fused-ring (bicyclic) bond motifs is 1. The Bertz CT molecular complexity index is 512. The van der Waals surface area contributed by atoms with E-state index in [2.05, 4.69) is 5.32 Å². The third-order valence-corrected chi connectivity index (χ3v) is 3.01. The van der Waals surface area contributed by atoms with Crippen molar-refractivity contribution in [1.29, 1.82) is 0 Å². The van der Waals surface area contributed by atoms with Gasteiger partial charge in [0.2, 0.25) is 0 Å². The molecule has 110 valence electrons. The first-order valence-corrected chi connectivity index (χ1v) is 6.74. The van der Waals surface area contributed by atoms with Crippen LogP contribution in [-0.2, 0) is 4.74 Å². The lowest BCUT2D eigenvalue weighted by Crippen LogP contribution is -2.43. The molecule has 2 N–H and O–H groups in total. The van der Waals surface area contributed by atoms with E-state index in [4.69, 9.17) is 21.1 Å². The summed E-state index contributed by atoms with van der Waals surface area (Å²) in [7, 11) is 0. The van der Waals surface area contributed by atoms with Gasteiger partial charge in [-0.05, 0) is 39.0 Å². The minimum atomic E-state index is -0.853. The fourth-order valence-corrected chi connectivity index (χ4v) is 2.16. The Hall–Kier alpha value is -1.46. The SMILES string of the molecule is CC(C)(C)OC(=O)N[C@H]1c2cc(Cl)ccc2OC[C@H]1O. The van der Waals surface area contributed by atoms with Gasteiger partial charge in [0, 0.05) is 10.6 Å². The fourth-order valence-electron chi connectivity index (χ4n) is 1.98. The van der Waals surface area contributed by atoms with Crippen LogP contribution in [0.5, 0.6) is 5.75 Å². The maximum atomic E-state index is 11.8. The summed E-state index contributed by atoms with van der Waals surface area (Å²) in [5, 5.41) is 13.2. The lowest BCUT2D eigenvalue weighted by Gasteiger charge is -2.31. The summed E-state index contributed by atoms with van der Waals surface area (Å²) >= 11 is 5.95. The zero-order valence-electron chi connectivity index (χ0n) is 11.6. The monoisotopic (exact) mass is 299 g/mol. The molecule has 0 fully saturated rings. The van der Waals surface area contributed by atoms with Crippen LogP contribution in [0.25, 0.3) is 0 Å². The quantitative estimate of drug-likeness (QED) is 0.836. The van der Waals surface area contributed by atoms with Crippen molar-refractivity contribution in [2.75, 3.05) is 6.61 Å². The van der Waals surface area contributed by atoms with Crippen molar-refractivity contribution in [1.82, 2.24) is 5.32 Å². The van der Waals surface area contributed by atoms with E-state index in [0.29, 0.717) is 16.3 Å². The van der Waals surface area contributed by atoms with Crippen LogP contribution in [0.1, 0.15) is 32.4 Å². The Kier molecular flexibility index (Phi) is 4.11. The smallest absolute Gasteiger partial charge is 0.408 e. The summed E-state index contributed by atoms with van der Waals surface area (Å²) in [6, 6.07) is 4.48. The Balaban J connectivity index is 2.19. The third-order valence-electron chi connectivity index (χ3n) is 2.77. The molecule has 2 atom stereocenters. The van der Waals surface area contributed by atoms with Crippen LogP contribution in [0, 0.1) is 0 Å². The number of hydrogen-bond acceptors (Lipinski definition) is 4. The number of alkyl carbamates (subject to hydrolysis) is 1. The maximum absolute atomic E-state index is 11.8. The van der Waals surface area contributed by atoms with Gasteiger partial charge in [0.25, 0.3) is 0 Å². The fraction of sp³-hybridized carbons (Fsp3) is 0.500. The predicted octanol–water partition coefficient (Wildman–Crippen LogP) is 2.66. The molecule has 6 heteroatoms. The summed E-state index contributed by atoms with van der Waals surface area (Å²) < 4.78 is 10.6. The Labute approximate surface area is 122 Å². The van der Waals surface area contributed by atoms with E-state index in [1.54, 1.807) is 39.0 Å². The highest BCUT2D eigenvalue weighted by Crippen LogP contribution is 2.34. The van der Waals surface area contributed by atoms with Gasteiger partial charge in [-0.1, -0.05) is 11.6 Å². The molecule has 1 aliphatic heterocycles. The lowest BCUT2D eigenvalue weighted by atomic mass is 9.98. The maximum Gasteiger partial charge on any atom is 0.408 e. The Morgan fingerprint density at radius 2 is 2.20 bits per heavy atom. The van der Waals surface area contributed by atoms with Crippen molar-refractivity contribution >= 4 is 17.7 Å². The first-order chi connectivity index (χ1) is 9.26. The highest BCUT2D eigenvalue weighted by atomic mass is 35.5. The van der Waals surface area contributed by atoms with E-state index in [1.807, 2.05) is 0 Å². The van der Waals surface area contributed by atoms with E-state index in [-0.39, 0.29) is 6.61 Å². The van der Waals surface area contributed by atoms with Crippen LogP contribution in [0.3, 0.4) is 0 Å². The Morgan fingerprint density at radius 1 is 1.50 bits per heavy atom. The molecule has 1 aromatic carbocycles. The van der Waals surface area contributed by atoms with Crippen molar-refractivity contribution in [2.24, 2.45) is 0 Å². The topological polar surface area (TPSA) is 67.8 Å². The van der Waals surface area contributed by atoms with Gasteiger partial charge in [0.1, 0.15) is 24.1 Å². The summed E-state index contributed by atoms with van der Waals surface area (Å²) in [6.45, 7) is 5.43. The molecule has 0 aromatic heterocycles. The second-order valence-corrected chi connectivity index (χ2v) is 6.12. The molecule has 5 nitrogen and oxygen atoms in total. The van der Waals surface area contributed by atoms with Crippen molar-refractivity contribution in [3.63, 3.8) is 0 Å². The molecule has 0 aliphatic carbocycles. The van der Waals surface area contributed by atoms with Crippen LogP contribution in [0.15, 0.2) is 18.2 Å². The number of benzene rings is 1. The van der Waals surface area contributed by atoms with Crippen molar-refractivity contribution < 1.29 is 19.4 Å². The van der Waals surface area contributed by atoms with Gasteiger partial charge in [-0.2, -0.15) is 0 Å². The summed E-state index contributed by atoms with van der Waals surface area (Å²) in [5.41, 5.74) is 0.0410. The number of nitrogens with one attached hydrogen (secondary N) is 1. The molecular formula is C14H18ClNO4. The Morgan fingerprint density at radius 3 is 2.85 bits per heavy atom. The van der Waals surface area contributed by atoms with Gasteiger partial charge >= 0.3 is 6.09 Å². The molecule has 0 unspecified atom stereocenters.